The number of likely N-dealkylation sites (N-methyl/N-ethyl adjacent to an activating group) is 1. The fourth-order valence-corrected chi connectivity index (χ4v) is 4.25. The van der Waals surface area contributed by atoms with Crippen LogP contribution in [0, 0.1) is 6.92 Å². The second-order valence-electron chi connectivity index (χ2n) is 8.18. The molecule has 0 saturated carbocycles. The third-order valence-electron chi connectivity index (χ3n) is 5.82. The predicted molar refractivity (Wildman–Crippen MR) is 110 cm³/mol. The highest BCUT2D eigenvalue weighted by Crippen LogP contribution is 2.34. The molecule has 0 aliphatic carbocycles. The first kappa shape index (κ1) is 18.7. The number of fused-ring (bicyclic) bond motifs is 3. The van der Waals surface area contributed by atoms with Crippen molar-refractivity contribution < 1.29 is 15.0 Å². The van der Waals surface area contributed by atoms with Crippen molar-refractivity contribution in [2.75, 3.05) is 13.6 Å². The number of aryl methyl sites for hydroxylation is 1. The van der Waals surface area contributed by atoms with E-state index in [0.717, 1.165) is 25.0 Å². The minimum absolute atomic E-state index is 0.224. The van der Waals surface area contributed by atoms with Crippen LogP contribution in [-0.4, -0.2) is 39.2 Å². The summed E-state index contributed by atoms with van der Waals surface area (Å²) in [6.07, 6.45) is 0.952. The summed E-state index contributed by atoms with van der Waals surface area (Å²) in [4.78, 5) is 13.4. The number of carboxylic acid groups (broad SMARTS) is 1. The number of nitrogens with zero attached hydrogens (tertiary/aromatic N) is 2. The van der Waals surface area contributed by atoms with E-state index in [1.54, 1.807) is 31.2 Å². The van der Waals surface area contributed by atoms with Crippen molar-refractivity contribution in [3.05, 3.63) is 70.4 Å². The zero-order chi connectivity index (χ0) is 20.1. The maximum Gasteiger partial charge on any atom is 0.335 e. The molecule has 0 spiro atoms. The highest BCUT2D eigenvalue weighted by Gasteiger charge is 2.29. The third kappa shape index (κ3) is 3.21. The lowest BCUT2D eigenvalue weighted by Crippen LogP contribution is -2.31. The monoisotopic (exact) mass is 378 g/mol. The number of carbonyl (C=O) groups is 1. The second kappa shape index (κ2) is 6.76. The molecule has 0 saturated heterocycles. The standard InChI is InChI=1S/C23H26N2O3/c1-15-4-9-20-18(12-15)19-13-24(3)11-10-21(19)25(20)14-23(2,28)17-7-5-16(6-8-17)22(26)27/h4-9,12,28H,10-11,13-14H2,1-3H3,(H,26,27). The minimum Gasteiger partial charge on any atom is -0.478 e. The number of hydrogen-bond donors (Lipinski definition) is 2. The summed E-state index contributed by atoms with van der Waals surface area (Å²) in [6.45, 7) is 6.24. The van der Waals surface area contributed by atoms with Crippen LogP contribution in [-0.2, 0) is 25.1 Å². The molecule has 0 bridgehead atoms. The molecule has 5 heteroatoms. The lowest BCUT2D eigenvalue weighted by Gasteiger charge is -2.29. The Kier molecular flexibility index (Phi) is 4.52. The maximum absolute atomic E-state index is 11.3. The quantitative estimate of drug-likeness (QED) is 0.729. The van der Waals surface area contributed by atoms with Gasteiger partial charge in [0.15, 0.2) is 0 Å². The minimum atomic E-state index is -1.11. The van der Waals surface area contributed by atoms with Crippen LogP contribution in [0.4, 0.5) is 0 Å². The fourth-order valence-electron chi connectivity index (χ4n) is 4.25. The number of carboxylic acids is 1. The van der Waals surface area contributed by atoms with Gasteiger partial charge in [-0.25, -0.2) is 4.79 Å². The molecule has 1 aromatic heterocycles. The first-order valence-electron chi connectivity index (χ1n) is 9.61. The number of rotatable bonds is 4. The van der Waals surface area contributed by atoms with E-state index in [4.69, 9.17) is 5.11 Å². The molecule has 1 aliphatic heterocycles. The van der Waals surface area contributed by atoms with Gasteiger partial charge < -0.3 is 19.7 Å². The van der Waals surface area contributed by atoms with Crippen LogP contribution in [0.2, 0.25) is 0 Å². The van der Waals surface area contributed by atoms with E-state index >= 15 is 0 Å². The van der Waals surface area contributed by atoms with Gasteiger partial charge in [0.2, 0.25) is 0 Å². The Morgan fingerprint density at radius 1 is 1.18 bits per heavy atom. The van der Waals surface area contributed by atoms with Gasteiger partial charge in [0.05, 0.1) is 12.1 Å². The normalized spacial score (nSPS) is 16.7. The van der Waals surface area contributed by atoms with Gasteiger partial charge in [0.1, 0.15) is 5.60 Å². The van der Waals surface area contributed by atoms with E-state index in [9.17, 15) is 9.90 Å². The zero-order valence-corrected chi connectivity index (χ0v) is 16.6. The van der Waals surface area contributed by atoms with Gasteiger partial charge in [-0.15, -0.1) is 0 Å². The topological polar surface area (TPSA) is 65.7 Å². The number of aliphatic hydroxyl groups is 1. The first-order valence-corrected chi connectivity index (χ1v) is 9.61. The van der Waals surface area contributed by atoms with Gasteiger partial charge in [-0.2, -0.15) is 0 Å². The van der Waals surface area contributed by atoms with Crippen LogP contribution in [0.1, 0.15) is 39.7 Å². The van der Waals surface area contributed by atoms with Crippen molar-refractivity contribution in [1.82, 2.24) is 9.47 Å². The van der Waals surface area contributed by atoms with Crippen molar-refractivity contribution >= 4 is 16.9 Å². The average molecular weight is 378 g/mol. The summed E-state index contributed by atoms with van der Waals surface area (Å²) in [5.74, 6) is -0.962. The van der Waals surface area contributed by atoms with E-state index < -0.39 is 11.6 Å². The molecule has 3 aromatic rings. The lowest BCUT2D eigenvalue weighted by molar-refractivity contribution is 0.0384. The van der Waals surface area contributed by atoms with E-state index in [2.05, 4.69) is 41.6 Å². The van der Waals surface area contributed by atoms with Crippen LogP contribution in [0.15, 0.2) is 42.5 Å². The van der Waals surface area contributed by atoms with E-state index in [1.165, 1.54) is 22.2 Å². The molecule has 1 unspecified atom stereocenters. The summed E-state index contributed by atoms with van der Waals surface area (Å²) >= 11 is 0. The van der Waals surface area contributed by atoms with Gasteiger partial charge >= 0.3 is 5.97 Å². The van der Waals surface area contributed by atoms with Crippen LogP contribution < -0.4 is 0 Å². The molecule has 2 N–H and O–H groups in total. The van der Waals surface area contributed by atoms with Crippen LogP contribution >= 0.6 is 0 Å². The Balaban J connectivity index is 1.77. The van der Waals surface area contributed by atoms with Gasteiger partial charge in [-0.1, -0.05) is 23.8 Å². The molecule has 5 nitrogen and oxygen atoms in total. The largest absolute Gasteiger partial charge is 0.478 e. The number of benzene rings is 2. The summed E-state index contributed by atoms with van der Waals surface area (Å²) in [5, 5.41) is 21.6. The summed E-state index contributed by atoms with van der Waals surface area (Å²) in [6, 6.07) is 13.0. The van der Waals surface area contributed by atoms with Crippen molar-refractivity contribution in [2.45, 2.75) is 39.0 Å². The zero-order valence-electron chi connectivity index (χ0n) is 16.6. The summed E-state index contributed by atoms with van der Waals surface area (Å²) in [7, 11) is 2.14. The predicted octanol–water partition coefficient (Wildman–Crippen LogP) is 3.54. The molecule has 4 rings (SSSR count). The molecule has 2 aromatic carbocycles. The molecule has 1 atom stereocenters. The Morgan fingerprint density at radius 2 is 1.89 bits per heavy atom. The van der Waals surface area contributed by atoms with Crippen molar-refractivity contribution in [3.63, 3.8) is 0 Å². The van der Waals surface area contributed by atoms with Crippen LogP contribution in [0.3, 0.4) is 0 Å². The Bertz CT molecular complexity index is 1050. The van der Waals surface area contributed by atoms with Crippen LogP contribution in [0.25, 0.3) is 10.9 Å². The van der Waals surface area contributed by atoms with Crippen molar-refractivity contribution in [2.24, 2.45) is 0 Å². The molecule has 0 radical (unpaired) electrons. The smallest absolute Gasteiger partial charge is 0.335 e. The fraction of sp³-hybridized carbons (Fsp3) is 0.348. The Morgan fingerprint density at radius 3 is 2.57 bits per heavy atom. The van der Waals surface area contributed by atoms with Crippen molar-refractivity contribution in [1.29, 1.82) is 0 Å². The van der Waals surface area contributed by atoms with Crippen molar-refractivity contribution in [3.8, 4) is 0 Å². The van der Waals surface area contributed by atoms with Crippen LogP contribution in [0.5, 0.6) is 0 Å². The summed E-state index contributed by atoms with van der Waals surface area (Å²) < 4.78 is 2.25. The highest BCUT2D eigenvalue weighted by molar-refractivity contribution is 5.88. The molecule has 28 heavy (non-hydrogen) atoms. The maximum atomic E-state index is 11.3. The SMILES string of the molecule is Cc1ccc2c(c1)c1c(n2CC(C)(O)c2ccc(C(=O)O)cc2)CCN(C)C1. The molecular formula is C23H26N2O3. The van der Waals surface area contributed by atoms with E-state index in [1.807, 2.05) is 0 Å². The highest BCUT2D eigenvalue weighted by atomic mass is 16.4. The molecule has 0 fully saturated rings. The Hall–Kier alpha value is -2.63. The third-order valence-corrected chi connectivity index (χ3v) is 5.82. The lowest BCUT2D eigenvalue weighted by atomic mass is 9.94. The molecular weight excluding hydrogens is 352 g/mol. The average Bonchev–Trinajstić information content (AvgIpc) is 2.94. The Labute approximate surface area is 164 Å². The number of aromatic carboxylic acids is 1. The van der Waals surface area contributed by atoms with E-state index in [-0.39, 0.29) is 5.56 Å². The van der Waals surface area contributed by atoms with Gasteiger partial charge in [-0.3, -0.25) is 0 Å². The van der Waals surface area contributed by atoms with Gasteiger partial charge in [0, 0.05) is 36.1 Å². The first-order chi connectivity index (χ1) is 13.3. The summed E-state index contributed by atoms with van der Waals surface area (Å²) in [5.41, 5.74) is 4.86. The van der Waals surface area contributed by atoms with Gasteiger partial charge in [0.25, 0.3) is 0 Å². The van der Waals surface area contributed by atoms with E-state index in [0.29, 0.717) is 12.1 Å². The molecule has 1 aliphatic rings. The molecule has 146 valence electrons. The van der Waals surface area contributed by atoms with Gasteiger partial charge in [-0.05, 0) is 56.3 Å². The molecule has 0 amide bonds. The second-order valence-corrected chi connectivity index (χ2v) is 8.18. The number of hydrogen-bond acceptors (Lipinski definition) is 3. The number of aromatic nitrogens is 1. The molecule has 2 heterocycles.